The molecule has 0 aliphatic carbocycles. The van der Waals surface area contributed by atoms with Crippen LogP contribution in [0.5, 0.6) is 0 Å². The van der Waals surface area contributed by atoms with Gasteiger partial charge < -0.3 is 10.6 Å². The topological polar surface area (TPSA) is 99.8 Å². The highest BCUT2D eigenvalue weighted by atomic mass is 16.2. The predicted molar refractivity (Wildman–Crippen MR) is 132 cm³/mol. The van der Waals surface area contributed by atoms with Crippen LogP contribution in [-0.4, -0.2) is 21.6 Å². The highest BCUT2D eigenvalue weighted by Gasteiger charge is 2.15. The van der Waals surface area contributed by atoms with E-state index in [1.165, 1.54) is 13.0 Å². The Labute approximate surface area is 197 Å². The van der Waals surface area contributed by atoms with Crippen LogP contribution in [0.1, 0.15) is 12.5 Å². The Balaban J connectivity index is 1.65. The van der Waals surface area contributed by atoms with E-state index in [0.717, 1.165) is 11.3 Å². The van der Waals surface area contributed by atoms with Gasteiger partial charge in [-0.2, -0.15) is 10.4 Å². The van der Waals surface area contributed by atoms with Crippen molar-refractivity contribution in [2.24, 2.45) is 0 Å². The van der Waals surface area contributed by atoms with Crippen molar-refractivity contribution in [3.8, 4) is 23.0 Å². The number of amides is 2. The lowest BCUT2D eigenvalue weighted by molar-refractivity contribution is -0.114. The van der Waals surface area contributed by atoms with Crippen molar-refractivity contribution in [1.29, 1.82) is 5.26 Å². The Hall–Kier alpha value is -4.96. The normalized spacial score (nSPS) is 10.9. The monoisotopic (exact) mass is 447 g/mol. The quantitative estimate of drug-likeness (QED) is 0.319. The van der Waals surface area contributed by atoms with E-state index in [9.17, 15) is 14.9 Å². The van der Waals surface area contributed by atoms with Gasteiger partial charge in [0, 0.05) is 35.6 Å². The van der Waals surface area contributed by atoms with Crippen LogP contribution >= 0.6 is 0 Å². The van der Waals surface area contributed by atoms with E-state index >= 15 is 0 Å². The number of anilines is 2. The van der Waals surface area contributed by atoms with Crippen molar-refractivity contribution in [3.63, 3.8) is 0 Å². The number of benzene rings is 3. The molecule has 0 unspecified atom stereocenters. The summed E-state index contributed by atoms with van der Waals surface area (Å²) in [6, 6.07) is 27.8. The van der Waals surface area contributed by atoms with E-state index in [1.807, 2.05) is 66.7 Å². The molecule has 0 spiro atoms. The van der Waals surface area contributed by atoms with Gasteiger partial charge in [-0.25, -0.2) is 4.68 Å². The van der Waals surface area contributed by atoms with Gasteiger partial charge >= 0.3 is 0 Å². The van der Waals surface area contributed by atoms with Gasteiger partial charge in [-0.3, -0.25) is 9.59 Å². The molecule has 34 heavy (non-hydrogen) atoms. The third-order valence-electron chi connectivity index (χ3n) is 4.94. The first-order valence-electron chi connectivity index (χ1n) is 10.5. The summed E-state index contributed by atoms with van der Waals surface area (Å²) in [6.45, 7) is 1.42. The lowest BCUT2D eigenvalue weighted by atomic mass is 10.1. The molecular formula is C27H21N5O2. The fourth-order valence-electron chi connectivity index (χ4n) is 3.37. The Morgan fingerprint density at radius 3 is 2.06 bits per heavy atom. The number of hydrogen-bond donors (Lipinski definition) is 2. The van der Waals surface area contributed by atoms with Crippen molar-refractivity contribution in [3.05, 3.63) is 102 Å². The van der Waals surface area contributed by atoms with Gasteiger partial charge in [0.2, 0.25) is 5.91 Å². The summed E-state index contributed by atoms with van der Waals surface area (Å²) in [5.41, 5.74) is 4.09. The number of para-hydroxylation sites is 1. The van der Waals surface area contributed by atoms with E-state index in [2.05, 4.69) is 10.6 Å². The molecule has 4 aromatic rings. The second kappa shape index (κ2) is 10.1. The molecule has 0 radical (unpaired) electrons. The van der Waals surface area contributed by atoms with Crippen molar-refractivity contribution in [2.75, 3.05) is 10.6 Å². The number of carbonyl (C=O) groups is 2. The minimum absolute atomic E-state index is 0.0595. The van der Waals surface area contributed by atoms with Gasteiger partial charge in [0.25, 0.3) is 5.91 Å². The predicted octanol–water partition coefficient (Wildman–Crippen LogP) is 5.04. The number of aromatic nitrogens is 2. The van der Waals surface area contributed by atoms with E-state index in [-0.39, 0.29) is 11.5 Å². The fraction of sp³-hybridized carbons (Fsp3) is 0.0370. The molecule has 1 heterocycles. The highest BCUT2D eigenvalue weighted by Crippen LogP contribution is 2.26. The Morgan fingerprint density at radius 2 is 1.47 bits per heavy atom. The Bertz CT molecular complexity index is 1380. The van der Waals surface area contributed by atoms with Gasteiger partial charge in [-0.1, -0.05) is 48.5 Å². The second-order valence-corrected chi connectivity index (χ2v) is 7.46. The smallest absolute Gasteiger partial charge is 0.266 e. The molecule has 0 aliphatic rings. The molecule has 0 saturated carbocycles. The first kappa shape index (κ1) is 22.2. The molecule has 7 nitrogen and oxygen atoms in total. The highest BCUT2D eigenvalue weighted by molar-refractivity contribution is 6.10. The van der Waals surface area contributed by atoms with Gasteiger partial charge in [-0.05, 0) is 42.5 Å². The molecular weight excluding hydrogens is 426 g/mol. The lowest BCUT2D eigenvalue weighted by Crippen LogP contribution is -2.13. The number of nitrogens with zero attached hydrogens (tertiary/aromatic N) is 3. The molecule has 7 heteroatoms. The summed E-state index contributed by atoms with van der Waals surface area (Å²) >= 11 is 0. The summed E-state index contributed by atoms with van der Waals surface area (Å²) in [4.78, 5) is 24.0. The van der Waals surface area contributed by atoms with Crippen LogP contribution < -0.4 is 10.6 Å². The largest absolute Gasteiger partial charge is 0.326 e. The zero-order valence-electron chi connectivity index (χ0n) is 18.4. The van der Waals surface area contributed by atoms with Crippen LogP contribution in [0, 0.1) is 11.3 Å². The third kappa shape index (κ3) is 5.26. The van der Waals surface area contributed by atoms with Crippen LogP contribution in [0.3, 0.4) is 0 Å². The molecule has 0 saturated heterocycles. The maximum Gasteiger partial charge on any atom is 0.266 e. The van der Waals surface area contributed by atoms with Crippen LogP contribution in [0.4, 0.5) is 11.4 Å². The molecule has 4 rings (SSSR count). The molecule has 1 aromatic heterocycles. The number of rotatable bonds is 6. The van der Waals surface area contributed by atoms with E-state index in [0.29, 0.717) is 22.6 Å². The summed E-state index contributed by atoms with van der Waals surface area (Å²) in [5, 5.41) is 19.8. The Morgan fingerprint density at radius 1 is 0.882 bits per heavy atom. The standard InChI is InChI=1S/C27H21N5O2/c1-19(33)29-23-12-14-24(15-13-23)30-27(34)21(17-28)16-22-18-32(25-10-6-3-7-11-25)31-26(22)20-8-4-2-5-9-20/h2-16,18H,1H3,(H,29,33)(H,30,34)/b21-16+. The third-order valence-corrected chi connectivity index (χ3v) is 4.94. The number of carbonyl (C=O) groups excluding carboxylic acids is 2. The van der Waals surface area contributed by atoms with Crippen LogP contribution in [0.2, 0.25) is 0 Å². The van der Waals surface area contributed by atoms with E-state index in [4.69, 9.17) is 5.10 Å². The van der Waals surface area contributed by atoms with Gasteiger partial charge in [0.15, 0.2) is 0 Å². The zero-order chi connectivity index (χ0) is 23.9. The second-order valence-electron chi connectivity index (χ2n) is 7.46. The molecule has 2 N–H and O–H groups in total. The lowest BCUT2D eigenvalue weighted by Gasteiger charge is -2.06. The van der Waals surface area contributed by atoms with Gasteiger partial charge in [0.1, 0.15) is 11.6 Å². The van der Waals surface area contributed by atoms with E-state index < -0.39 is 5.91 Å². The van der Waals surface area contributed by atoms with Crippen molar-refractivity contribution < 1.29 is 9.59 Å². The molecule has 166 valence electrons. The molecule has 0 bridgehead atoms. The zero-order valence-corrected chi connectivity index (χ0v) is 18.4. The van der Waals surface area contributed by atoms with Crippen LogP contribution in [0.25, 0.3) is 23.0 Å². The Kier molecular flexibility index (Phi) is 6.61. The molecule has 3 aromatic carbocycles. The summed E-state index contributed by atoms with van der Waals surface area (Å²) in [5.74, 6) is -0.724. The first-order valence-corrected chi connectivity index (χ1v) is 10.5. The molecule has 0 aliphatic heterocycles. The molecule has 2 amide bonds. The minimum atomic E-state index is -0.541. The summed E-state index contributed by atoms with van der Waals surface area (Å²) in [7, 11) is 0. The molecule has 0 fully saturated rings. The van der Waals surface area contributed by atoms with Crippen LogP contribution in [-0.2, 0) is 9.59 Å². The van der Waals surface area contributed by atoms with Gasteiger partial charge in [-0.15, -0.1) is 0 Å². The van der Waals surface area contributed by atoms with Crippen molar-refractivity contribution in [2.45, 2.75) is 6.92 Å². The SMILES string of the molecule is CC(=O)Nc1ccc(NC(=O)/C(C#N)=C/c2cn(-c3ccccc3)nc2-c2ccccc2)cc1. The maximum atomic E-state index is 12.8. The summed E-state index contributed by atoms with van der Waals surface area (Å²) < 4.78 is 1.72. The number of nitrogens with one attached hydrogen (secondary N) is 2. The van der Waals surface area contributed by atoms with Crippen molar-refractivity contribution in [1.82, 2.24) is 9.78 Å². The first-order chi connectivity index (χ1) is 16.5. The summed E-state index contributed by atoms with van der Waals surface area (Å²) in [6.07, 6.45) is 3.33. The maximum absolute atomic E-state index is 12.8. The fourth-order valence-corrected chi connectivity index (χ4v) is 3.37. The minimum Gasteiger partial charge on any atom is -0.326 e. The average molecular weight is 447 g/mol. The van der Waals surface area contributed by atoms with Gasteiger partial charge in [0.05, 0.1) is 11.4 Å². The average Bonchev–Trinajstić information content (AvgIpc) is 3.28. The number of hydrogen-bond acceptors (Lipinski definition) is 4. The van der Waals surface area contributed by atoms with E-state index in [1.54, 1.807) is 35.1 Å². The van der Waals surface area contributed by atoms with Crippen molar-refractivity contribution >= 4 is 29.3 Å². The van der Waals surface area contributed by atoms with Crippen LogP contribution in [0.15, 0.2) is 96.7 Å². The molecule has 0 atom stereocenters. The number of nitriles is 1.